The third-order valence-electron chi connectivity index (χ3n) is 3.90. The van der Waals surface area contributed by atoms with Gasteiger partial charge in [0, 0.05) is 19.5 Å². The molecular formula is C13H23NO3. The summed E-state index contributed by atoms with van der Waals surface area (Å²) in [6, 6.07) is 0. The van der Waals surface area contributed by atoms with Crippen LogP contribution in [0.4, 0.5) is 0 Å². The molecule has 0 spiro atoms. The van der Waals surface area contributed by atoms with Crippen LogP contribution < -0.4 is 0 Å². The summed E-state index contributed by atoms with van der Waals surface area (Å²) < 4.78 is 0. The highest BCUT2D eigenvalue weighted by Crippen LogP contribution is 2.25. The smallest absolute Gasteiger partial charge is 0.308 e. The Balaban J connectivity index is 2.52. The van der Waals surface area contributed by atoms with Gasteiger partial charge >= 0.3 is 5.97 Å². The first-order chi connectivity index (χ1) is 7.99. The third-order valence-corrected chi connectivity index (χ3v) is 3.90. The monoisotopic (exact) mass is 241 g/mol. The maximum Gasteiger partial charge on any atom is 0.308 e. The molecule has 1 aliphatic heterocycles. The van der Waals surface area contributed by atoms with Crippen LogP contribution in [0.15, 0.2) is 0 Å². The molecule has 0 aliphatic carbocycles. The number of carboxylic acids is 1. The van der Waals surface area contributed by atoms with Crippen molar-refractivity contribution < 1.29 is 14.7 Å². The van der Waals surface area contributed by atoms with Crippen molar-refractivity contribution in [3.8, 4) is 0 Å². The van der Waals surface area contributed by atoms with Crippen molar-refractivity contribution in [1.29, 1.82) is 0 Å². The van der Waals surface area contributed by atoms with Crippen LogP contribution in [0.1, 0.15) is 40.0 Å². The van der Waals surface area contributed by atoms with Crippen molar-refractivity contribution in [1.82, 2.24) is 4.90 Å². The quantitative estimate of drug-likeness (QED) is 0.800. The van der Waals surface area contributed by atoms with E-state index in [9.17, 15) is 9.59 Å². The highest BCUT2D eigenvalue weighted by atomic mass is 16.4. The lowest BCUT2D eigenvalue weighted by Crippen LogP contribution is -2.31. The minimum Gasteiger partial charge on any atom is -0.481 e. The third kappa shape index (κ3) is 3.45. The maximum absolute atomic E-state index is 12.0. The SMILES string of the molecule is CCC(CC)CC(=O)N1C[C@@H](C)[C@H](C(=O)O)C1. The minimum absolute atomic E-state index is 0.0677. The molecule has 1 amide bonds. The second-order valence-corrected chi connectivity index (χ2v) is 5.11. The van der Waals surface area contributed by atoms with Crippen LogP contribution >= 0.6 is 0 Å². The fourth-order valence-electron chi connectivity index (χ4n) is 2.45. The molecule has 1 aliphatic rings. The van der Waals surface area contributed by atoms with E-state index >= 15 is 0 Å². The summed E-state index contributed by atoms with van der Waals surface area (Å²) in [4.78, 5) is 24.7. The van der Waals surface area contributed by atoms with Gasteiger partial charge in [0.25, 0.3) is 0 Å². The average Bonchev–Trinajstić information content (AvgIpc) is 2.68. The van der Waals surface area contributed by atoms with Gasteiger partial charge in [-0.05, 0) is 11.8 Å². The number of carbonyl (C=O) groups excluding carboxylic acids is 1. The van der Waals surface area contributed by atoms with Gasteiger partial charge in [-0.2, -0.15) is 0 Å². The summed E-state index contributed by atoms with van der Waals surface area (Å²) in [6.07, 6.45) is 2.58. The number of carboxylic acid groups (broad SMARTS) is 1. The Hall–Kier alpha value is -1.06. The summed E-state index contributed by atoms with van der Waals surface area (Å²) in [5, 5.41) is 9.02. The average molecular weight is 241 g/mol. The Morgan fingerprint density at radius 2 is 1.88 bits per heavy atom. The van der Waals surface area contributed by atoms with Gasteiger partial charge in [0.15, 0.2) is 0 Å². The number of likely N-dealkylation sites (tertiary alicyclic amines) is 1. The molecule has 0 unspecified atom stereocenters. The molecular weight excluding hydrogens is 218 g/mol. The normalized spacial score (nSPS) is 24.4. The second kappa shape index (κ2) is 6.03. The molecule has 4 heteroatoms. The van der Waals surface area contributed by atoms with Crippen molar-refractivity contribution in [2.24, 2.45) is 17.8 Å². The van der Waals surface area contributed by atoms with E-state index in [2.05, 4.69) is 13.8 Å². The highest BCUT2D eigenvalue weighted by molar-refractivity contribution is 5.79. The summed E-state index contributed by atoms with van der Waals surface area (Å²) in [6.45, 7) is 7.07. The minimum atomic E-state index is -0.782. The van der Waals surface area contributed by atoms with Crippen LogP contribution in [0.25, 0.3) is 0 Å². The van der Waals surface area contributed by atoms with Crippen LogP contribution in [0, 0.1) is 17.8 Å². The first-order valence-corrected chi connectivity index (χ1v) is 6.50. The van der Waals surface area contributed by atoms with Crippen LogP contribution in [0.3, 0.4) is 0 Å². The molecule has 1 heterocycles. The molecule has 0 radical (unpaired) electrons. The number of hydrogen-bond donors (Lipinski definition) is 1. The van der Waals surface area contributed by atoms with E-state index < -0.39 is 5.97 Å². The summed E-state index contributed by atoms with van der Waals surface area (Å²) >= 11 is 0. The van der Waals surface area contributed by atoms with Gasteiger partial charge in [-0.1, -0.05) is 33.6 Å². The largest absolute Gasteiger partial charge is 0.481 e. The molecule has 0 saturated carbocycles. The molecule has 0 aromatic rings. The molecule has 98 valence electrons. The lowest BCUT2D eigenvalue weighted by molar-refractivity contribution is -0.142. The van der Waals surface area contributed by atoms with E-state index in [4.69, 9.17) is 5.11 Å². The molecule has 0 bridgehead atoms. The van der Waals surface area contributed by atoms with Crippen molar-refractivity contribution >= 4 is 11.9 Å². The Kier molecular flexibility index (Phi) is 4.97. The number of rotatable bonds is 5. The predicted molar refractivity (Wildman–Crippen MR) is 65.6 cm³/mol. The number of hydrogen-bond acceptors (Lipinski definition) is 2. The second-order valence-electron chi connectivity index (χ2n) is 5.11. The maximum atomic E-state index is 12.0. The van der Waals surface area contributed by atoms with Gasteiger partial charge < -0.3 is 10.0 Å². The molecule has 17 heavy (non-hydrogen) atoms. The van der Waals surface area contributed by atoms with E-state index in [1.165, 1.54) is 0 Å². The van der Waals surface area contributed by atoms with Crippen LogP contribution in [-0.4, -0.2) is 35.0 Å². The first kappa shape index (κ1) is 14.0. The van der Waals surface area contributed by atoms with Crippen LogP contribution in [-0.2, 0) is 9.59 Å². The van der Waals surface area contributed by atoms with Crippen LogP contribution in [0.2, 0.25) is 0 Å². The molecule has 2 atom stereocenters. The molecule has 1 saturated heterocycles. The van der Waals surface area contributed by atoms with E-state index in [1.54, 1.807) is 4.90 Å². The van der Waals surface area contributed by atoms with Gasteiger partial charge in [-0.3, -0.25) is 9.59 Å². The molecule has 0 aromatic heterocycles. The standard InChI is InChI=1S/C13H23NO3/c1-4-10(5-2)6-12(15)14-7-9(3)11(8-14)13(16)17/h9-11H,4-8H2,1-3H3,(H,16,17)/t9-,11-/m1/s1. The Morgan fingerprint density at radius 3 is 2.29 bits per heavy atom. The Morgan fingerprint density at radius 1 is 1.29 bits per heavy atom. The summed E-state index contributed by atoms with van der Waals surface area (Å²) in [7, 11) is 0. The van der Waals surface area contributed by atoms with E-state index in [-0.39, 0.29) is 17.7 Å². The zero-order valence-electron chi connectivity index (χ0n) is 11.0. The van der Waals surface area contributed by atoms with Gasteiger partial charge in [-0.15, -0.1) is 0 Å². The Bertz CT molecular complexity index is 286. The van der Waals surface area contributed by atoms with Crippen LogP contribution in [0.5, 0.6) is 0 Å². The number of amides is 1. The van der Waals surface area contributed by atoms with Crippen molar-refractivity contribution in [3.63, 3.8) is 0 Å². The fraction of sp³-hybridized carbons (Fsp3) is 0.846. The van der Waals surface area contributed by atoms with E-state index in [0.29, 0.717) is 25.4 Å². The lowest BCUT2D eigenvalue weighted by Gasteiger charge is -2.19. The molecule has 4 nitrogen and oxygen atoms in total. The van der Waals surface area contributed by atoms with Crippen molar-refractivity contribution in [2.75, 3.05) is 13.1 Å². The molecule has 1 N–H and O–H groups in total. The zero-order chi connectivity index (χ0) is 13.0. The van der Waals surface area contributed by atoms with Gasteiger partial charge in [-0.25, -0.2) is 0 Å². The lowest BCUT2D eigenvalue weighted by atomic mass is 9.99. The summed E-state index contributed by atoms with van der Waals surface area (Å²) in [5.74, 6) is -0.551. The van der Waals surface area contributed by atoms with E-state index in [0.717, 1.165) is 12.8 Å². The van der Waals surface area contributed by atoms with Gasteiger partial charge in [0.2, 0.25) is 5.91 Å². The Labute approximate surface area is 103 Å². The van der Waals surface area contributed by atoms with Gasteiger partial charge in [0.05, 0.1) is 5.92 Å². The molecule has 0 aromatic carbocycles. The molecule has 1 fully saturated rings. The van der Waals surface area contributed by atoms with Crippen molar-refractivity contribution in [3.05, 3.63) is 0 Å². The predicted octanol–water partition coefficient (Wildman–Crippen LogP) is 1.99. The van der Waals surface area contributed by atoms with Crippen molar-refractivity contribution in [2.45, 2.75) is 40.0 Å². The fourth-order valence-corrected chi connectivity index (χ4v) is 2.45. The highest BCUT2D eigenvalue weighted by Gasteiger charge is 2.36. The topological polar surface area (TPSA) is 57.6 Å². The number of aliphatic carboxylic acids is 1. The van der Waals surface area contributed by atoms with Gasteiger partial charge in [0.1, 0.15) is 0 Å². The van der Waals surface area contributed by atoms with E-state index in [1.807, 2.05) is 6.92 Å². The number of carbonyl (C=O) groups is 2. The number of nitrogens with zero attached hydrogens (tertiary/aromatic N) is 1. The zero-order valence-corrected chi connectivity index (χ0v) is 11.0. The summed E-state index contributed by atoms with van der Waals surface area (Å²) in [5.41, 5.74) is 0. The molecule has 1 rings (SSSR count). The first-order valence-electron chi connectivity index (χ1n) is 6.50.